The number of carbonyl (C=O) groups is 1. The van der Waals surface area contributed by atoms with Crippen molar-refractivity contribution >= 4 is 21.8 Å². The van der Waals surface area contributed by atoms with Crippen LogP contribution >= 0.6 is 15.9 Å². The third kappa shape index (κ3) is 1.63. The van der Waals surface area contributed by atoms with Gasteiger partial charge in [-0.3, -0.25) is 4.79 Å². The molecule has 1 saturated heterocycles. The van der Waals surface area contributed by atoms with Gasteiger partial charge >= 0.3 is 0 Å². The van der Waals surface area contributed by atoms with Crippen LogP contribution in [0.1, 0.15) is 26.2 Å². The molecule has 0 aromatic carbocycles. The second-order valence-corrected chi connectivity index (χ2v) is 6.75. The number of rotatable bonds is 0. The molecule has 1 unspecified atom stereocenters. The number of allylic oxidation sites excluding steroid dienone is 5. The first-order valence-electron chi connectivity index (χ1n) is 6.53. The molecule has 0 saturated carbocycles. The van der Waals surface area contributed by atoms with Gasteiger partial charge < -0.3 is 4.90 Å². The van der Waals surface area contributed by atoms with Crippen molar-refractivity contribution in [1.82, 2.24) is 4.90 Å². The zero-order chi connectivity index (χ0) is 12.9. The van der Waals surface area contributed by atoms with Crippen LogP contribution in [0.2, 0.25) is 0 Å². The second-order valence-electron chi connectivity index (χ2n) is 5.83. The van der Waals surface area contributed by atoms with Crippen molar-refractivity contribution in [3.8, 4) is 0 Å². The summed E-state index contributed by atoms with van der Waals surface area (Å²) < 4.78 is 1.15. The van der Waals surface area contributed by atoms with E-state index in [1.165, 1.54) is 5.57 Å². The molecule has 0 N–H and O–H groups in total. The van der Waals surface area contributed by atoms with Crippen molar-refractivity contribution in [2.75, 3.05) is 7.05 Å². The normalized spacial score (nSPS) is 38.8. The van der Waals surface area contributed by atoms with Gasteiger partial charge in [-0.25, -0.2) is 0 Å². The average molecular weight is 308 g/mol. The average Bonchev–Trinajstić information content (AvgIpc) is 2.34. The van der Waals surface area contributed by atoms with Crippen LogP contribution in [0.4, 0.5) is 0 Å². The van der Waals surface area contributed by atoms with E-state index in [4.69, 9.17) is 0 Å². The minimum absolute atomic E-state index is 0.188. The standard InChI is InChI=1S/C15H18BrNO/c1-15-8-7-14(18)17(2)13(15)6-3-10-9-11(16)4-5-12(10)15/h3-5,9,12-13H,6-8H2,1-2H3/t12?,13-,15-/m1/s1. The van der Waals surface area contributed by atoms with Gasteiger partial charge in [0, 0.05) is 29.9 Å². The summed E-state index contributed by atoms with van der Waals surface area (Å²) in [7, 11) is 1.96. The minimum atomic E-state index is 0.188. The number of hydrogen-bond acceptors (Lipinski definition) is 1. The highest BCUT2D eigenvalue weighted by molar-refractivity contribution is 9.11. The second kappa shape index (κ2) is 4.09. The largest absolute Gasteiger partial charge is 0.342 e. The van der Waals surface area contributed by atoms with Gasteiger partial charge in [0.2, 0.25) is 5.91 Å². The Morgan fingerprint density at radius 2 is 2.28 bits per heavy atom. The highest BCUT2D eigenvalue weighted by atomic mass is 79.9. The van der Waals surface area contributed by atoms with Gasteiger partial charge in [-0.15, -0.1) is 0 Å². The zero-order valence-electron chi connectivity index (χ0n) is 10.8. The molecule has 1 heterocycles. The molecule has 0 aromatic heterocycles. The topological polar surface area (TPSA) is 20.3 Å². The van der Waals surface area contributed by atoms with Crippen LogP contribution in [0.25, 0.3) is 0 Å². The van der Waals surface area contributed by atoms with Crippen LogP contribution in [0.15, 0.2) is 34.4 Å². The third-order valence-corrected chi connectivity index (χ3v) is 5.39. The fourth-order valence-corrected chi connectivity index (χ4v) is 4.17. The van der Waals surface area contributed by atoms with E-state index in [1.54, 1.807) is 0 Å². The lowest BCUT2D eigenvalue weighted by molar-refractivity contribution is -0.141. The maximum atomic E-state index is 11.9. The Bertz CT molecular complexity index is 491. The monoisotopic (exact) mass is 307 g/mol. The molecule has 1 amide bonds. The Labute approximate surface area is 117 Å². The SMILES string of the molecule is CN1C(=O)CC[C@]2(C)C3C=CC(Br)=CC3=CC[C@@H]12. The molecule has 0 radical (unpaired) electrons. The van der Waals surface area contributed by atoms with Gasteiger partial charge in [0.1, 0.15) is 0 Å². The van der Waals surface area contributed by atoms with Gasteiger partial charge in [0.15, 0.2) is 0 Å². The molecule has 1 aliphatic heterocycles. The Morgan fingerprint density at radius 3 is 3.06 bits per heavy atom. The summed E-state index contributed by atoms with van der Waals surface area (Å²) in [6.07, 6.45) is 11.6. The molecule has 3 aliphatic rings. The van der Waals surface area contributed by atoms with E-state index in [0.717, 1.165) is 17.3 Å². The summed E-state index contributed by atoms with van der Waals surface area (Å²) in [4.78, 5) is 13.8. The molecular formula is C15H18BrNO. The van der Waals surface area contributed by atoms with Gasteiger partial charge in [0.25, 0.3) is 0 Å². The van der Waals surface area contributed by atoms with Crippen LogP contribution in [0, 0.1) is 11.3 Å². The van der Waals surface area contributed by atoms with Crippen LogP contribution in [-0.2, 0) is 4.79 Å². The van der Waals surface area contributed by atoms with E-state index in [1.807, 2.05) is 11.9 Å². The highest BCUT2D eigenvalue weighted by Gasteiger charge is 2.49. The van der Waals surface area contributed by atoms with Crippen molar-refractivity contribution in [2.24, 2.45) is 11.3 Å². The number of halogens is 1. The Morgan fingerprint density at radius 1 is 1.50 bits per heavy atom. The number of piperidine rings is 1. The zero-order valence-corrected chi connectivity index (χ0v) is 12.4. The van der Waals surface area contributed by atoms with E-state index in [0.29, 0.717) is 24.3 Å². The first-order chi connectivity index (χ1) is 8.52. The fraction of sp³-hybridized carbons (Fsp3) is 0.533. The number of carbonyl (C=O) groups excluding carboxylic acids is 1. The molecule has 18 heavy (non-hydrogen) atoms. The van der Waals surface area contributed by atoms with E-state index >= 15 is 0 Å². The first kappa shape index (κ1) is 12.2. The van der Waals surface area contributed by atoms with Crippen molar-refractivity contribution in [2.45, 2.75) is 32.2 Å². The highest BCUT2D eigenvalue weighted by Crippen LogP contribution is 2.51. The number of nitrogens with zero attached hydrogens (tertiary/aromatic N) is 1. The molecule has 0 spiro atoms. The summed E-state index contributed by atoms with van der Waals surface area (Å²) in [6.45, 7) is 2.34. The minimum Gasteiger partial charge on any atom is -0.342 e. The van der Waals surface area contributed by atoms with E-state index in [-0.39, 0.29) is 5.41 Å². The van der Waals surface area contributed by atoms with E-state index in [9.17, 15) is 4.79 Å². The van der Waals surface area contributed by atoms with Gasteiger partial charge in [-0.2, -0.15) is 0 Å². The summed E-state index contributed by atoms with van der Waals surface area (Å²) in [5.41, 5.74) is 1.60. The van der Waals surface area contributed by atoms with E-state index < -0.39 is 0 Å². The Hall–Kier alpha value is -0.830. The summed E-state index contributed by atoms with van der Waals surface area (Å²) >= 11 is 3.55. The quantitative estimate of drug-likeness (QED) is 0.671. The third-order valence-electron chi connectivity index (χ3n) is 4.90. The molecule has 1 fully saturated rings. The van der Waals surface area contributed by atoms with Crippen molar-refractivity contribution < 1.29 is 4.79 Å². The molecule has 2 nitrogen and oxygen atoms in total. The molecule has 3 rings (SSSR count). The lowest BCUT2D eigenvalue weighted by Crippen LogP contribution is -2.56. The first-order valence-corrected chi connectivity index (χ1v) is 7.33. The van der Waals surface area contributed by atoms with Gasteiger partial charge in [0.05, 0.1) is 0 Å². The van der Waals surface area contributed by atoms with Gasteiger partial charge in [-0.05, 0) is 29.9 Å². The Balaban J connectivity index is 2.02. The predicted molar refractivity (Wildman–Crippen MR) is 76.2 cm³/mol. The molecule has 0 bridgehead atoms. The van der Waals surface area contributed by atoms with Crippen molar-refractivity contribution in [3.63, 3.8) is 0 Å². The summed E-state index contributed by atoms with van der Waals surface area (Å²) in [6, 6.07) is 0.349. The van der Waals surface area contributed by atoms with Crippen molar-refractivity contribution in [1.29, 1.82) is 0 Å². The van der Waals surface area contributed by atoms with Crippen LogP contribution < -0.4 is 0 Å². The lowest BCUT2D eigenvalue weighted by Gasteiger charge is -2.53. The molecule has 0 aromatic rings. The fourth-order valence-electron chi connectivity index (χ4n) is 3.76. The predicted octanol–water partition coefficient (Wildman–Crippen LogP) is 3.41. The molecule has 3 heteroatoms. The maximum Gasteiger partial charge on any atom is 0.222 e. The number of likely N-dealkylation sites (tertiary alicyclic amines) is 1. The molecule has 96 valence electrons. The van der Waals surface area contributed by atoms with E-state index in [2.05, 4.69) is 47.2 Å². The maximum absolute atomic E-state index is 11.9. The number of amides is 1. The van der Waals surface area contributed by atoms with Crippen LogP contribution in [0.3, 0.4) is 0 Å². The summed E-state index contributed by atoms with van der Waals surface area (Å²) in [5.74, 6) is 0.749. The molecule has 3 atom stereocenters. The Kier molecular flexibility index (Phi) is 2.77. The smallest absolute Gasteiger partial charge is 0.222 e. The lowest BCUT2D eigenvalue weighted by atomic mass is 9.59. The van der Waals surface area contributed by atoms with Crippen LogP contribution in [-0.4, -0.2) is 23.9 Å². The molecule has 2 aliphatic carbocycles. The van der Waals surface area contributed by atoms with Crippen LogP contribution in [0.5, 0.6) is 0 Å². The molecular weight excluding hydrogens is 290 g/mol. The number of fused-ring (bicyclic) bond motifs is 3. The number of hydrogen-bond donors (Lipinski definition) is 0. The van der Waals surface area contributed by atoms with Crippen molar-refractivity contribution in [3.05, 3.63) is 34.4 Å². The summed E-state index contributed by atoms with van der Waals surface area (Å²) in [5, 5.41) is 0. The van der Waals surface area contributed by atoms with Gasteiger partial charge in [-0.1, -0.05) is 41.1 Å².